The molecule has 0 aromatic heterocycles. The van der Waals surface area contributed by atoms with Crippen molar-refractivity contribution in [2.75, 3.05) is 19.7 Å². The maximum absolute atomic E-state index is 9.66. The number of benzene rings is 1. The smallest absolute Gasteiger partial charge is 0.123 e. The van der Waals surface area contributed by atoms with E-state index in [2.05, 4.69) is 11.0 Å². The second kappa shape index (κ2) is 6.03. The van der Waals surface area contributed by atoms with Crippen molar-refractivity contribution in [3.63, 3.8) is 0 Å². The molecule has 2 rings (SSSR count). The lowest BCUT2D eigenvalue weighted by Crippen LogP contribution is -2.37. The van der Waals surface area contributed by atoms with Gasteiger partial charge in [0.25, 0.3) is 0 Å². The fourth-order valence-corrected chi connectivity index (χ4v) is 2.35. The summed E-state index contributed by atoms with van der Waals surface area (Å²) in [5.74, 6) is 0.968. The Kier molecular flexibility index (Phi) is 4.40. The number of hydrogen-bond acceptors (Lipinski definition) is 3. The van der Waals surface area contributed by atoms with Gasteiger partial charge in [-0.3, -0.25) is 4.90 Å². The van der Waals surface area contributed by atoms with E-state index in [9.17, 15) is 5.11 Å². The van der Waals surface area contributed by atoms with Crippen LogP contribution >= 0.6 is 0 Å². The standard InChI is InChI=1S/C14H21NO2/c1-2-17-14-8-4-3-6-12(14)10-15-9-5-7-13(16)11-15/h3-4,6,8,13,16H,2,5,7,9-11H2,1H3. The Balaban J connectivity index is 2.01. The van der Waals surface area contributed by atoms with Crippen molar-refractivity contribution in [3.8, 4) is 5.75 Å². The summed E-state index contributed by atoms with van der Waals surface area (Å²) in [6, 6.07) is 8.16. The van der Waals surface area contributed by atoms with E-state index in [1.165, 1.54) is 5.56 Å². The number of ether oxygens (including phenoxy) is 1. The lowest BCUT2D eigenvalue weighted by Gasteiger charge is -2.30. The first kappa shape index (κ1) is 12.4. The van der Waals surface area contributed by atoms with Crippen molar-refractivity contribution in [2.24, 2.45) is 0 Å². The van der Waals surface area contributed by atoms with Crippen LogP contribution in [0.5, 0.6) is 5.75 Å². The Morgan fingerprint density at radius 2 is 2.24 bits per heavy atom. The molecule has 1 atom stereocenters. The summed E-state index contributed by atoms with van der Waals surface area (Å²) >= 11 is 0. The van der Waals surface area contributed by atoms with Crippen molar-refractivity contribution < 1.29 is 9.84 Å². The second-order valence-electron chi connectivity index (χ2n) is 4.57. The molecule has 0 amide bonds. The van der Waals surface area contributed by atoms with Gasteiger partial charge in [0.05, 0.1) is 12.7 Å². The molecule has 0 bridgehead atoms. The molecule has 0 saturated carbocycles. The molecule has 0 spiro atoms. The van der Waals surface area contributed by atoms with E-state index in [1.807, 2.05) is 25.1 Å². The molecular formula is C14H21NO2. The Morgan fingerprint density at radius 1 is 1.41 bits per heavy atom. The fraction of sp³-hybridized carbons (Fsp3) is 0.571. The van der Waals surface area contributed by atoms with Gasteiger partial charge in [0.1, 0.15) is 5.75 Å². The summed E-state index contributed by atoms with van der Waals surface area (Å²) in [6.07, 6.45) is 1.85. The zero-order valence-electron chi connectivity index (χ0n) is 10.4. The third-order valence-electron chi connectivity index (χ3n) is 3.15. The summed E-state index contributed by atoms with van der Waals surface area (Å²) in [6.45, 7) is 5.41. The number of nitrogens with zero attached hydrogens (tertiary/aromatic N) is 1. The van der Waals surface area contributed by atoms with Crippen LogP contribution in [0.2, 0.25) is 0 Å². The Morgan fingerprint density at radius 3 is 3.00 bits per heavy atom. The Bertz CT molecular complexity index is 354. The van der Waals surface area contributed by atoms with Gasteiger partial charge in [-0.1, -0.05) is 18.2 Å². The quantitative estimate of drug-likeness (QED) is 0.867. The minimum absolute atomic E-state index is 0.164. The first-order valence-electron chi connectivity index (χ1n) is 6.40. The third kappa shape index (κ3) is 3.45. The maximum atomic E-state index is 9.66. The lowest BCUT2D eigenvalue weighted by atomic mass is 10.1. The number of hydrogen-bond donors (Lipinski definition) is 1. The molecule has 94 valence electrons. The highest BCUT2D eigenvalue weighted by Crippen LogP contribution is 2.21. The van der Waals surface area contributed by atoms with Gasteiger partial charge in [-0.25, -0.2) is 0 Å². The molecule has 1 aromatic carbocycles. The summed E-state index contributed by atoms with van der Waals surface area (Å²) in [4.78, 5) is 2.30. The van der Waals surface area contributed by atoms with E-state index in [-0.39, 0.29) is 6.10 Å². The van der Waals surface area contributed by atoms with E-state index >= 15 is 0 Å². The first-order chi connectivity index (χ1) is 8.29. The number of piperidine rings is 1. The van der Waals surface area contributed by atoms with Crippen LogP contribution in [-0.4, -0.2) is 35.8 Å². The van der Waals surface area contributed by atoms with Gasteiger partial charge in [-0.05, 0) is 32.4 Å². The van der Waals surface area contributed by atoms with Crippen LogP contribution in [0, 0.1) is 0 Å². The Hall–Kier alpha value is -1.06. The molecule has 1 N–H and O–H groups in total. The van der Waals surface area contributed by atoms with Gasteiger partial charge in [0, 0.05) is 18.7 Å². The zero-order chi connectivity index (χ0) is 12.1. The summed E-state index contributed by atoms with van der Waals surface area (Å²) in [7, 11) is 0. The van der Waals surface area contributed by atoms with Crippen molar-refractivity contribution in [3.05, 3.63) is 29.8 Å². The predicted octanol–water partition coefficient (Wildman–Crippen LogP) is 2.04. The first-order valence-corrected chi connectivity index (χ1v) is 6.40. The molecule has 3 heteroatoms. The highest BCUT2D eigenvalue weighted by Gasteiger charge is 2.18. The van der Waals surface area contributed by atoms with Crippen molar-refractivity contribution in [1.29, 1.82) is 0 Å². The van der Waals surface area contributed by atoms with Crippen LogP contribution in [0.3, 0.4) is 0 Å². The summed E-state index contributed by atoms with van der Waals surface area (Å²) in [5, 5.41) is 9.66. The van der Waals surface area contributed by atoms with Crippen LogP contribution < -0.4 is 4.74 Å². The minimum Gasteiger partial charge on any atom is -0.494 e. The predicted molar refractivity (Wildman–Crippen MR) is 68.1 cm³/mol. The van der Waals surface area contributed by atoms with E-state index in [1.54, 1.807) is 0 Å². The minimum atomic E-state index is -0.164. The van der Waals surface area contributed by atoms with E-state index < -0.39 is 0 Å². The van der Waals surface area contributed by atoms with Crippen molar-refractivity contribution in [1.82, 2.24) is 4.90 Å². The average Bonchev–Trinajstić information content (AvgIpc) is 2.32. The van der Waals surface area contributed by atoms with Gasteiger partial charge in [0.2, 0.25) is 0 Å². The van der Waals surface area contributed by atoms with Crippen molar-refractivity contribution in [2.45, 2.75) is 32.4 Å². The van der Waals surface area contributed by atoms with E-state index in [4.69, 9.17) is 4.74 Å². The molecule has 1 aliphatic rings. The van der Waals surface area contributed by atoms with Gasteiger partial charge in [0.15, 0.2) is 0 Å². The molecular weight excluding hydrogens is 214 g/mol. The zero-order valence-corrected chi connectivity index (χ0v) is 10.4. The Labute approximate surface area is 103 Å². The molecule has 1 aliphatic heterocycles. The van der Waals surface area contributed by atoms with Gasteiger partial charge < -0.3 is 9.84 Å². The largest absolute Gasteiger partial charge is 0.494 e. The average molecular weight is 235 g/mol. The molecule has 1 unspecified atom stereocenters. The van der Waals surface area contributed by atoms with Gasteiger partial charge >= 0.3 is 0 Å². The third-order valence-corrected chi connectivity index (χ3v) is 3.15. The highest BCUT2D eigenvalue weighted by atomic mass is 16.5. The normalized spacial score (nSPS) is 21.4. The van der Waals surface area contributed by atoms with E-state index in [0.29, 0.717) is 6.61 Å². The number of para-hydroxylation sites is 1. The molecule has 1 heterocycles. The topological polar surface area (TPSA) is 32.7 Å². The molecule has 1 saturated heterocycles. The number of rotatable bonds is 4. The second-order valence-corrected chi connectivity index (χ2v) is 4.57. The molecule has 17 heavy (non-hydrogen) atoms. The van der Waals surface area contributed by atoms with Crippen LogP contribution in [0.1, 0.15) is 25.3 Å². The van der Waals surface area contributed by atoms with Gasteiger partial charge in [-0.2, -0.15) is 0 Å². The summed E-state index contributed by atoms with van der Waals surface area (Å²) < 4.78 is 5.62. The van der Waals surface area contributed by atoms with Gasteiger partial charge in [-0.15, -0.1) is 0 Å². The van der Waals surface area contributed by atoms with Crippen LogP contribution in [-0.2, 0) is 6.54 Å². The molecule has 0 radical (unpaired) electrons. The van der Waals surface area contributed by atoms with Crippen LogP contribution in [0.15, 0.2) is 24.3 Å². The fourth-order valence-electron chi connectivity index (χ4n) is 2.35. The SMILES string of the molecule is CCOc1ccccc1CN1CCCC(O)C1. The lowest BCUT2D eigenvalue weighted by molar-refractivity contribution is 0.0663. The monoisotopic (exact) mass is 235 g/mol. The number of aliphatic hydroxyl groups is 1. The van der Waals surface area contributed by atoms with Crippen LogP contribution in [0.4, 0.5) is 0 Å². The van der Waals surface area contributed by atoms with Crippen LogP contribution in [0.25, 0.3) is 0 Å². The number of likely N-dealkylation sites (tertiary alicyclic amines) is 1. The summed E-state index contributed by atoms with van der Waals surface area (Å²) in [5.41, 5.74) is 1.21. The molecule has 1 aromatic rings. The molecule has 1 fully saturated rings. The van der Waals surface area contributed by atoms with E-state index in [0.717, 1.165) is 38.2 Å². The van der Waals surface area contributed by atoms with Crippen molar-refractivity contribution >= 4 is 0 Å². The highest BCUT2D eigenvalue weighted by molar-refractivity contribution is 5.33. The number of aliphatic hydroxyl groups excluding tert-OH is 1. The number of β-amino-alcohol motifs (C(OH)–C–C–N with tert-alkyl or cyclic N) is 1. The molecule has 3 nitrogen and oxygen atoms in total. The molecule has 0 aliphatic carbocycles. The maximum Gasteiger partial charge on any atom is 0.123 e.